The normalized spacial score (nSPS) is 13.3. The molecule has 0 bridgehead atoms. The summed E-state index contributed by atoms with van der Waals surface area (Å²) in [6, 6.07) is 8.31. The summed E-state index contributed by atoms with van der Waals surface area (Å²) in [6.07, 6.45) is 0.184. The quantitative estimate of drug-likeness (QED) is 0.802. The summed E-state index contributed by atoms with van der Waals surface area (Å²) in [7, 11) is 0. The van der Waals surface area contributed by atoms with Gasteiger partial charge in [0.15, 0.2) is 0 Å². The Morgan fingerprint density at radius 3 is 2.22 bits per heavy atom. The molecule has 0 aromatic heterocycles. The van der Waals surface area contributed by atoms with Crippen LogP contribution in [0.1, 0.15) is 45.6 Å². The fourth-order valence-electron chi connectivity index (χ4n) is 2.06. The van der Waals surface area contributed by atoms with Crippen LogP contribution in [0.15, 0.2) is 29.2 Å². The van der Waals surface area contributed by atoms with Gasteiger partial charge < -0.3 is 5.11 Å². The molecule has 0 radical (unpaired) electrons. The number of benzene rings is 1. The molecule has 1 atom stereocenters. The Kier molecular flexibility index (Phi) is 5.27. The minimum absolute atomic E-state index is 0.0438. The van der Waals surface area contributed by atoms with E-state index in [-0.39, 0.29) is 17.8 Å². The van der Waals surface area contributed by atoms with E-state index < -0.39 is 5.97 Å². The van der Waals surface area contributed by atoms with E-state index in [2.05, 4.69) is 52.0 Å². The molecule has 0 saturated carbocycles. The zero-order valence-electron chi connectivity index (χ0n) is 11.6. The second-order valence-corrected chi connectivity index (χ2v) is 6.86. The van der Waals surface area contributed by atoms with Crippen molar-refractivity contribution in [2.24, 2.45) is 5.41 Å². The van der Waals surface area contributed by atoms with Gasteiger partial charge in [-0.25, -0.2) is 0 Å². The molecular weight excluding hydrogens is 244 g/mol. The molecule has 0 heterocycles. The Hall–Kier alpha value is -0.960. The van der Waals surface area contributed by atoms with Crippen LogP contribution < -0.4 is 0 Å². The molecule has 0 aliphatic rings. The summed E-state index contributed by atoms with van der Waals surface area (Å²) in [5.74, 6) is 0.370. The fourth-order valence-corrected chi connectivity index (χ4v) is 2.72. The first-order chi connectivity index (χ1) is 8.34. The van der Waals surface area contributed by atoms with E-state index in [1.54, 1.807) is 11.8 Å². The van der Waals surface area contributed by atoms with Crippen LogP contribution in [0.4, 0.5) is 0 Å². The maximum atomic E-state index is 11.0. The predicted octanol–water partition coefficient (Wildman–Crippen LogP) is 4.40. The summed E-state index contributed by atoms with van der Waals surface area (Å²) >= 11 is 1.80. The topological polar surface area (TPSA) is 37.3 Å². The van der Waals surface area contributed by atoms with Gasteiger partial charge in [0.2, 0.25) is 0 Å². The van der Waals surface area contributed by atoms with E-state index in [4.69, 9.17) is 5.11 Å². The van der Waals surface area contributed by atoms with E-state index in [0.717, 1.165) is 11.3 Å². The SMILES string of the molecule is CCSc1ccc(C(CC(=O)O)C(C)(C)C)cc1. The third kappa shape index (κ3) is 4.37. The van der Waals surface area contributed by atoms with Gasteiger partial charge in [-0.15, -0.1) is 11.8 Å². The van der Waals surface area contributed by atoms with Gasteiger partial charge in [-0.3, -0.25) is 4.79 Å². The van der Waals surface area contributed by atoms with E-state index in [1.807, 2.05) is 0 Å². The molecule has 0 aliphatic heterocycles. The molecule has 1 aromatic carbocycles. The van der Waals surface area contributed by atoms with E-state index in [9.17, 15) is 4.79 Å². The summed E-state index contributed by atoms with van der Waals surface area (Å²) in [5.41, 5.74) is 1.07. The predicted molar refractivity (Wildman–Crippen MR) is 77.3 cm³/mol. The van der Waals surface area contributed by atoms with Crippen molar-refractivity contribution < 1.29 is 9.90 Å². The maximum absolute atomic E-state index is 11.0. The molecule has 2 nitrogen and oxygen atoms in total. The average molecular weight is 266 g/mol. The van der Waals surface area contributed by atoms with Crippen LogP contribution in [-0.4, -0.2) is 16.8 Å². The average Bonchev–Trinajstić information content (AvgIpc) is 2.26. The van der Waals surface area contributed by atoms with Crippen molar-refractivity contribution in [3.05, 3.63) is 29.8 Å². The van der Waals surface area contributed by atoms with Crippen molar-refractivity contribution in [2.75, 3.05) is 5.75 Å². The standard InChI is InChI=1S/C15H22O2S/c1-5-18-12-8-6-11(7-9-12)13(10-14(16)17)15(2,3)4/h6-9,13H,5,10H2,1-4H3,(H,16,17). The Bertz CT molecular complexity index is 390. The van der Waals surface area contributed by atoms with E-state index >= 15 is 0 Å². The Labute approximate surface area is 114 Å². The van der Waals surface area contributed by atoms with Gasteiger partial charge >= 0.3 is 5.97 Å². The molecule has 1 N–H and O–H groups in total. The monoisotopic (exact) mass is 266 g/mol. The van der Waals surface area contributed by atoms with E-state index in [1.165, 1.54) is 4.90 Å². The first-order valence-electron chi connectivity index (χ1n) is 6.29. The molecule has 0 fully saturated rings. The van der Waals surface area contributed by atoms with Gasteiger partial charge in [0, 0.05) is 4.90 Å². The van der Waals surface area contributed by atoms with Crippen molar-refractivity contribution >= 4 is 17.7 Å². The number of thioether (sulfide) groups is 1. The van der Waals surface area contributed by atoms with Crippen LogP contribution >= 0.6 is 11.8 Å². The number of hydrogen-bond acceptors (Lipinski definition) is 2. The minimum Gasteiger partial charge on any atom is -0.481 e. The van der Waals surface area contributed by atoms with Crippen molar-refractivity contribution in [3.8, 4) is 0 Å². The molecule has 0 aliphatic carbocycles. The maximum Gasteiger partial charge on any atom is 0.303 e. The van der Waals surface area contributed by atoms with Crippen molar-refractivity contribution in [2.45, 2.75) is 44.9 Å². The third-order valence-electron chi connectivity index (χ3n) is 3.02. The molecule has 3 heteroatoms. The molecule has 0 amide bonds. The van der Waals surface area contributed by atoms with Gasteiger partial charge in [0.1, 0.15) is 0 Å². The largest absolute Gasteiger partial charge is 0.481 e. The van der Waals surface area contributed by atoms with Crippen molar-refractivity contribution in [1.82, 2.24) is 0 Å². The highest BCUT2D eigenvalue weighted by Crippen LogP contribution is 2.38. The lowest BCUT2D eigenvalue weighted by Gasteiger charge is -2.30. The molecule has 100 valence electrons. The highest BCUT2D eigenvalue weighted by atomic mass is 32.2. The Morgan fingerprint density at radius 1 is 1.28 bits per heavy atom. The number of aliphatic carboxylic acids is 1. The lowest BCUT2D eigenvalue weighted by molar-refractivity contribution is -0.138. The summed E-state index contributed by atoms with van der Waals surface area (Å²) < 4.78 is 0. The van der Waals surface area contributed by atoms with Crippen LogP contribution in [0.3, 0.4) is 0 Å². The molecule has 1 unspecified atom stereocenters. The molecule has 18 heavy (non-hydrogen) atoms. The molecule has 1 rings (SSSR count). The second-order valence-electron chi connectivity index (χ2n) is 5.52. The molecule has 0 spiro atoms. The number of carbonyl (C=O) groups is 1. The first-order valence-corrected chi connectivity index (χ1v) is 7.27. The zero-order chi connectivity index (χ0) is 13.8. The summed E-state index contributed by atoms with van der Waals surface area (Å²) in [5, 5.41) is 9.04. The highest BCUT2D eigenvalue weighted by molar-refractivity contribution is 7.99. The lowest BCUT2D eigenvalue weighted by atomic mass is 9.75. The van der Waals surface area contributed by atoms with Gasteiger partial charge in [0.05, 0.1) is 6.42 Å². The lowest BCUT2D eigenvalue weighted by Crippen LogP contribution is -2.21. The Morgan fingerprint density at radius 2 is 1.83 bits per heavy atom. The Balaban J connectivity index is 2.95. The molecule has 0 saturated heterocycles. The summed E-state index contributed by atoms with van der Waals surface area (Å²) in [6.45, 7) is 8.40. The highest BCUT2D eigenvalue weighted by Gasteiger charge is 2.28. The number of rotatable bonds is 5. The molecule has 1 aromatic rings. The van der Waals surface area contributed by atoms with Gasteiger partial charge in [-0.05, 0) is 34.8 Å². The van der Waals surface area contributed by atoms with Gasteiger partial charge in [-0.1, -0.05) is 39.8 Å². The molecular formula is C15H22O2S. The van der Waals surface area contributed by atoms with Crippen molar-refractivity contribution in [1.29, 1.82) is 0 Å². The minimum atomic E-state index is -0.734. The van der Waals surface area contributed by atoms with Gasteiger partial charge in [-0.2, -0.15) is 0 Å². The number of hydrogen-bond donors (Lipinski definition) is 1. The second kappa shape index (κ2) is 6.28. The zero-order valence-corrected chi connectivity index (χ0v) is 12.4. The van der Waals surface area contributed by atoms with Crippen molar-refractivity contribution in [3.63, 3.8) is 0 Å². The van der Waals surface area contributed by atoms with Crippen LogP contribution in [0.25, 0.3) is 0 Å². The van der Waals surface area contributed by atoms with Crippen LogP contribution in [0.2, 0.25) is 0 Å². The summed E-state index contributed by atoms with van der Waals surface area (Å²) in [4.78, 5) is 12.2. The number of carboxylic acids is 1. The van der Waals surface area contributed by atoms with Crippen LogP contribution in [-0.2, 0) is 4.79 Å². The van der Waals surface area contributed by atoms with Gasteiger partial charge in [0.25, 0.3) is 0 Å². The van der Waals surface area contributed by atoms with Crippen LogP contribution in [0, 0.1) is 5.41 Å². The van der Waals surface area contributed by atoms with E-state index in [0.29, 0.717) is 0 Å². The fraction of sp³-hybridized carbons (Fsp3) is 0.533. The smallest absolute Gasteiger partial charge is 0.303 e. The number of carboxylic acid groups (broad SMARTS) is 1. The van der Waals surface area contributed by atoms with Crippen LogP contribution in [0.5, 0.6) is 0 Å². The first kappa shape index (κ1) is 15.1. The third-order valence-corrected chi connectivity index (χ3v) is 3.91.